The number of furan rings is 1. The molecule has 27 heavy (non-hydrogen) atoms. The summed E-state index contributed by atoms with van der Waals surface area (Å²) in [5, 5.41) is 8.84. The molecule has 1 N–H and O–H groups in total. The summed E-state index contributed by atoms with van der Waals surface area (Å²) < 4.78 is 32.5. The van der Waals surface area contributed by atoms with Gasteiger partial charge < -0.3 is 14.4 Å². The summed E-state index contributed by atoms with van der Waals surface area (Å²) in [5.74, 6) is -0.769. The van der Waals surface area contributed by atoms with Crippen molar-refractivity contribution in [3.05, 3.63) is 17.6 Å². The Morgan fingerprint density at radius 3 is 2.59 bits per heavy atom. The molecule has 1 aromatic heterocycles. The minimum atomic E-state index is -3.64. The molecule has 0 saturated carbocycles. The first-order chi connectivity index (χ1) is 12.8. The van der Waals surface area contributed by atoms with Crippen molar-refractivity contribution < 1.29 is 27.5 Å². The van der Waals surface area contributed by atoms with Crippen molar-refractivity contribution in [1.29, 1.82) is 0 Å². The zero-order chi connectivity index (χ0) is 19.6. The van der Waals surface area contributed by atoms with E-state index in [2.05, 4.69) is 0 Å². The molecular formula is C18H26N2O6S. The van der Waals surface area contributed by atoms with Gasteiger partial charge in [-0.25, -0.2) is 8.42 Å². The fraction of sp³-hybridized carbons (Fsp3) is 0.667. The number of hydrogen-bond donors (Lipinski definition) is 1. The largest absolute Gasteiger partial charge is 0.481 e. The summed E-state index contributed by atoms with van der Waals surface area (Å²) >= 11 is 0. The van der Waals surface area contributed by atoms with Crippen molar-refractivity contribution in [1.82, 2.24) is 9.21 Å². The number of carbonyl (C=O) groups is 2. The van der Waals surface area contributed by atoms with Crippen LogP contribution in [0, 0.1) is 12.8 Å². The molecule has 0 aliphatic carbocycles. The van der Waals surface area contributed by atoms with Crippen LogP contribution < -0.4 is 0 Å². The summed E-state index contributed by atoms with van der Waals surface area (Å²) in [6, 6.07) is 1.34. The molecule has 8 nitrogen and oxygen atoms in total. The highest BCUT2D eigenvalue weighted by atomic mass is 32.2. The number of carboxylic acids is 1. The topological polar surface area (TPSA) is 108 Å². The Morgan fingerprint density at radius 1 is 1.22 bits per heavy atom. The number of sulfonamides is 1. The van der Waals surface area contributed by atoms with E-state index in [0.29, 0.717) is 32.6 Å². The third kappa shape index (κ3) is 4.35. The molecule has 150 valence electrons. The molecule has 3 rings (SSSR count). The second-order valence-corrected chi connectivity index (χ2v) is 9.24. The third-order valence-electron chi connectivity index (χ3n) is 5.34. The van der Waals surface area contributed by atoms with E-state index >= 15 is 0 Å². The van der Waals surface area contributed by atoms with Crippen molar-refractivity contribution in [3.8, 4) is 0 Å². The van der Waals surface area contributed by atoms with Crippen LogP contribution in [0.4, 0.5) is 0 Å². The fourth-order valence-electron chi connectivity index (χ4n) is 3.86. The van der Waals surface area contributed by atoms with Gasteiger partial charge in [-0.1, -0.05) is 0 Å². The molecule has 0 aromatic carbocycles. The molecule has 9 heteroatoms. The quantitative estimate of drug-likeness (QED) is 0.786. The van der Waals surface area contributed by atoms with E-state index in [1.165, 1.54) is 10.4 Å². The molecule has 1 aromatic rings. The Bertz CT molecular complexity index is 810. The molecule has 1 atom stereocenters. The monoisotopic (exact) mass is 398 g/mol. The molecular weight excluding hydrogens is 372 g/mol. The maximum Gasteiger partial charge on any atom is 0.303 e. The number of nitrogens with zero attached hydrogens (tertiary/aromatic N) is 2. The fourth-order valence-corrected chi connectivity index (χ4v) is 5.54. The highest BCUT2D eigenvalue weighted by Gasteiger charge is 2.33. The van der Waals surface area contributed by atoms with Gasteiger partial charge in [0.05, 0.1) is 0 Å². The van der Waals surface area contributed by atoms with Crippen LogP contribution >= 0.6 is 0 Å². The van der Waals surface area contributed by atoms with Crippen molar-refractivity contribution in [3.63, 3.8) is 0 Å². The van der Waals surface area contributed by atoms with Crippen LogP contribution in [-0.2, 0) is 14.8 Å². The number of aryl methyl sites for hydroxylation is 1. The molecule has 1 amide bonds. The van der Waals surface area contributed by atoms with Gasteiger partial charge in [-0.15, -0.1) is 0 Å². The smallest absolute Gasteiger partial charge is 0.303 e. The maximum atomic E-state index is 12.8. The number of amides is 1. The molecule has 2 fully saturated rings. The third-order valence-corrected chi connectivity index (χ3v) is 7.34. The minimum Gasteiger partial charge on any atom is -0.481 e. The number of hydrogen-bond acceptors (Lipinski definition) is 5. The normalized spacial score (nSPS) is 21.5. The predicted octanol–water partition coefficient (Wildman–Crippen LogP) is 2.09. The summed E-state index contributed by atoms with van der Waals surface area (Å²) in [7, 11) is -3.64. The van der Waals surface area contributed by atoms with Crippen molar-refractivity contribution >= 4 is 21.9 Å². The van der Waals surface area contributed by atoms with Crippen LogP contribution in [0.1, 0.15) is 54.8 Å². The van der Waals surface area contributed by atoms with Crippen LogP contribution in [0.2, 0.25) is 0 Å². The maximum absolute atomic E-state index is 12.8. The first-order valence-electron chi connectivity index (χ1n) is 9.40. The lowest BCUT2D eigenvalue weighted by atomic mass is 9.93. The van der Waals surface area contributed by atoms with Crippen molar-refractivity contribution in [2.24, 2.45) is 5.92 Å². The summed E-state index contributed by atoms with van der Waals surface area (Å²) in [5.41, 5.74) is 0. The molecule has 0 bridgehead atoms. The van der Waals surface area contributed by atoms with Gasteiger partial charge in [0.1, 0.15) is 10.7 Å². The Hall–Kier alpha value is -1.87. The number of carboxylic acid groups (broad SMARTS) is 1. The Balaban J connectivity index is 1.73. The Morgan fingerprint density at radius 2 is 1.93 bits per heavy atom. The van der Waals surface area contributed by atoms with E-state index in [-0.39, 0.29) is 34.7 Å². The van der Waals surface area contributed by atoms with E-state index < -0.39 is 16.0 Å². The number of aliphatic carboxylic acids is 1. The van der Waals surface area contributed by atoms with Gasteiger partial charge in [-0.3, -0.25) is 9.59 Å². The van der Waals surface area contributed by atoms with Gasteiger partial charge >= 0.3 is 5.97 Å². The van der Waals surface area contributed by atoms with Gasteiger partial charge in [0.25, 0.3) is 5.91 Å². The SMILES string of the molecule is Cc1oc(C(=O)N2CCCC(CCC(=O)O)C2)cc1S(=O)(=O)N1CCCC1. The van der Waals surface area contributed by atoms with Crippen LogP contribution in [-0.4, -0.2) is 60.8 Å². The number of likely N-dealkylation sites (tertiary alicyclic amines) is 1. The second-order valence-electron chi connectivity index (χ2n) is 7.33. The zero-order valence-electron chi connectivity index (χ0n) is 15.5. The molecule has 3 heterocycles. The van der Waals surface area contributed by atoms with E-state index in [1.54, 1.807) is 11.8 Å². The Labute approximate surface area is 159 Å². The van der Waals surface area contributed by atoms with Crippen LogP contribution in [0.15, 0.2) is 15.4 Å². The average molecular weight is 398 g/mol. The van der Waals surface area contributed by atoms with Gasteiger partial charge in [0.15, 0.2) is 5.76 Å². The zero-order valence-corrected chi connectivity index (χ0v) is 16.3. The Kier molecular flexibility index (Phi) is 5.90. The standard InChI is InChI=1S/C18H26N2O6S/c1-13-16(27(24,25)20-9-2-3-10-20)11-15(26-13)18(23)19-8-4-5-14(12-19)6-7-17(21)22/h11,14H,2-10,12H2,1H3,(H,21,22). The molecule has 0 radical (unpaired) electrons. The summed E-state index contributed by atoms with van der Waals surface area (Å²) in [6.07, 6.45) is 3.99. The van der Waals surface area contributed by atoms with Crippen LogP contribution in [0.25, 0.3) is 0 Å². The van der Waals surface area contributed by atoms with Crippen LogP contribution in [0.3, 0.4) is 0 Å². The predicted molar refractivity (Wildman–Crippen MR) is 96.9 cm³/mol. The first-order valence-corrected chi connectivity index (χ1v) is 10.8. The first kappa shape index (κ1) is 19.9. The van der Waals surface area contributed by atoms with Gasteiger partial charge in [-0.05, 0) is 44.9 Å². The lowest BCUT2D eigenvalue weighted by Crippen LogP contribution is -2.40. The van der Waals surface area contributed by atoms with E-state index in [9.17, 15) is 18.0 Å². The molecule has 1 unspecified atom stereocenters. The van der Waals surface area contributed by atoms with Crippen LogP contribution in [0.5, 0.6) is 0 Å². The van der Waals surface area contributed by atoms with Gasteiger partial charge in [0, 0.05) is 38.7 Å². The van der Waals surface area contributed by atoms with Gasteiger partial charge in [0.2, 0.25) is 10.0 Å². The van der Waals surface area contributed by atoms with E-state index in [0.717, 1.165) is 25.7 Å². The minimum absolute atomic E-state index is 0.0316. The van der Waals surface area contributed by atoms with E-state index in [1.807, 2.05) is 0 Å². The molecule has 2 aliphatic rings. The number of piperidine rings is 1. The lowest BCUT2D eigenvalue weighted by molar-refractivity contribution is -0.137. The van der Waals surface area contributed by atoms with E-state index in [4.69, 9.17) is 9.52 Å². The molecule has 2 saturated heterocycles. The summed E-state index contributed by atoms with van der Waals surface area (Å²) in [6.45, 7) is 3.59. The lowest BCUT2D eigenvalue weighted by Gasteiger charge is -2.32. The average Bonchev–Trinajstić information content (AvgIpc) is 3.30. The highest BCUT2D eigenvalue weighted by molar-refractivity contribution is 7.89. The molecule has 0 spiro atoms. The van der Waals surface area contributed by atoms with Crippen molar-refractivity contribution in [2.75, 3.05) is 26.2 Å². The highest BCUT2D eigenvalue weighted by Crippen LogP contribution is 2.28. The molecule has 2 aliphatic heterocycles. The van der Waals surface area contributed by atoms with Crippen molar-refractivity contribution in [2.45, 2.75) is 50.3 Å². The number of carbonyl (C=O) groups excluding carboxylic acids is 1. The summed E-state index contributed by atoms with van der Waals surface area (Å²) in [4.78, 5) is 25.3. The number of rotatable bonds is 6. The van der Waals surface area contributed by atoms with Gasteiger partial charge in [-0.2, -0.15) is 4.31 Å². The second kappa shape index (κ2) is 8.02.